The van der Waals surface area contributed by atoms with Crippen LogP contribution >= 0.6 is 0 Å². The molecule has 0 saturated heterocycles. The SMILES string of the molecule is CCCN(CCC)S(=O)(=O)Nc1cc(C(=O)O)ccc1C. The van der Waals surface area contributed by atoms with Crippen LogP contribution in [0.2, 0.25) is 0 Å². The van der Waals surface area contributed by atoms with E-state index in [1.165, 1.54) is 16.4 Å². The molecular formula is C14H22N2O4S. The summed E-state index contributed by atoms with van der Waals surface area (Å²) in [6, 6.07) is 4.38. The van der Waals surface area contributed by atoms with Gasteiger partial charge in [0.05, 0.1) is 11.3 Å². The standard InChI is InChI=1S/C14H22N2O4S/c1-4-8-16(9-5-2)21(19,20)15-13-10-12(14(17)18)7-6-11(13)3/h6-7,10,15H,4-5,8-9H2,1-3H3,(H,17,18). The van der Waals surface area contributed by atoms with Crippen LogP contribution in [0.1, 0.15) is 42.6 Å². The van der Waals surface area contributed by atoms with Gasteiger partial charge in [-0.2, -0.15) is 12.7 Å². The van der Waals surface area contributed by atoms with Crippen LogP contribution in [0.4, 0.5) is 5.69 Å². The molecule has 0 aliphatic rings. The summed E-state index contributed by atoms with van der Waals surface area (Å²) in [6.45, 7) is 6.41. The minimum atomic E-state index is -3.67. The van der Waals surface area contributed by atoms with Crippen molar-refractivity contribution < 1.29 is 18.3 Å². The lowest BCUT2D eigenvalue weighted by molar-refractivity contribution is 0.0697. The van der Waals surface area contributed by atoms with E-state index in [1.54, 1.807) is 13.0 Å². The Labute approximate surface area is 126 Å². The fraction of sp³-hybridized carbons (Fsp3) is 0.500. The van der Waals surface area contributed by atoms with Gasteiger partial charge in [-0.1, -0.05) is 19.9 Å². The molecule has 0 unspecified atom stereocenters. The van der Waals surface area contributed by atoms with Gasteiger partial charge in [0.2, 0.25) is 0 Å². The van der Waals surface area contributed by atoms with Gasteiger partial charge < -0.3 is 5.11 Å². The van der Waals surface area contributed by atoms with E-state index < -0.39 is 16.2 Å². The third-order valence-corrected chi connectivity index (χ3v) is 4.53. The first-order chi connectivity index (χ1) is 9.81. The zero-order valence-corrected chi connectivity index (χ0v) is 13.4. The first-order valence-corrected chi connectivity index (χ1v) is 8.37. The normalized spacial score (nSPS) is 11.6. The molecule has 0 bridgehead atoms. The van der Waals surface area contributed by atoms with Crippen molar-refractivity contribution in [3.8, 4) is 0 Å². The third-order valence-electron chi connectivity index (χ3n) is 3.01. The van der Waals surface area contributed by atoms with Gasteiger partial charge in [-0.25, -0.2) is 4.79 Å². The van der Waals surface area contributed by atoms with Crippen molar-refractivity contribution in [3.05, 3.63) is 29.3 Å². The van der Waals surface area contributed by atoms with Gasteiger partial charge >= 0.3 is 16.2 Å². The van der Waals surface area contributed by atoms with Crippen molar-refractivity contribution in [1.29, 1.82) is 0 Å². The molecule has 0 aliphatic heterocycles. The summed E-state index contributed by atoms with van der Waals surface area (Å²) < 4.78 is 28.6. The van der Waals surface area contributed by atoms with Crippen LogP contribution < -0.4 is 4.72 Å². The molecule has 1 aromatic rings. The Hall–Kier alpha value is -1.60. The molecule has 0 amide bonds. The van der Waals surface area contributed by atoms with E-state index in [2.05, 4.69) is 4.72 Å². The van der Waals surface area contributed by atoms with E-state index in [4.69, 9.17) is 5.11 Å². The number of aryl methyl sites for hydroxylation is 1. The highest BCUT2D eigenvalue weighted by Crippen LogP contribution is 2.19. The molecule has 1 rings (SSSR count). The Kier molecular flexibility index (Phi) is 6.17. The highest BCUT2D eigenvalue weighted by Gasteiger charge is 2.21. The third kappa shape index (κ3) is 4.71. The van der Waals surface area contributed by atoms with Gasteiger partial charge in [-0.05, 0) is 37.5 Å². The number of hydrogen-bond acceptors (Lipinski definition) is 3. The zero-order chi connectivity index (χ0) is 16.0. The number of carbonyl (C=O) groups is 1. The number of anilines is 1. The molecule has 2 N–H and O–H groups in total. The Balaban J connectivity index is 3.07. The molecular weight excluding hydrogens is 292 g/mol. The number of carboxylic acids is 1. The van der Waals surface area contributed by atoms with Crippen molar-refractivity contribution >= 4 is 21.9 Å². The molecule has 0 aliphatic carbocycles. The van der Waals surface area contributed by atoms with Gasteiger partial charge in [0.15, 0.2) is 0 Å². The first-order valence-electron chi connectivity index (χ1n) is 6.93. The topological polar surface area (TPSA) is 86.7 Å². The number of aromatic carboxylic acids is 1. The summed E-state index contributed by atoms with van der Waals surface area (Å²) >= 11 is 0. The predicted molar refractivity (Wildman–Crippen MR) is 82.8 cm³/mol. The number of rotatable bonds is 8. The first kappa shape index (κ1) is 17.5. The Morgan fingerprint density at radius 2 is 1.81 bits per heavy atom. The quantitative estimate of drug-likeness (QED) is 0.771. The van der Waals surface area contributed by atoms with E-state index >= 15 is 0 Å². The number of hydrogen-bond donors (Lipinski definition) is 2. The lowest BCUT2D eigenvalue weighted by Gasteiger charge is -2.22. The smallest absolute Gasteiger partial charge is 0.335 e. The van der Waals surface area contributed by atoms with Crippen molar-refractivity contribution in [2.24, 2.45) is 0 Å². The van der Waals surface area contributed by atoms with Crippen LogP contribution in [-0.4, -0.2) is 36.9 Å². The Morgan fingerprint density at radius 3 is 2.29 bits per heavy atom. The highest BCUT2D eigenvalue weighted by molar-refractivity contribution is 7.90. The van der Waals surface area contributed by atoms with Crippen molar-refractivity contribution in [2.75, 3.05) is 17.8 Å². The second kappa shape index (κ2) is 7.42. The van der Waals surface area contributed by atoms with Gasteiger partial charge in [-0.15, -0.1) is 0 Å². The van der Waals surface area contributed by atoms with Crippen LogP contribution in [0.25, 0.3) is 0 Å². The van der Waals surface area contributed by atoms with Gasteiger partial charge in [0.1, 0.15) is 0 Å². The highest BCUT2D eigenvalue weighted by atomic mass is 32.2. The van der Waals surface area contributed by atoms with Crippen LogP contribution in [-0.2, 0) is 10.2 Å². The monoisotopic (exact) mass is 314 g/mol. The molecule has 6 nitrogen and oxygen atoms in total. The molecule has 0 spiro atoms. The molecule has 0 heterocycles. The fourth-order valence-corrected chi connectivity index (χ4v) is 3.39. The largest absolute Gasteiger partial charge is 0.478 e. The number of nitrogens with zero attached hydrogens (tertiary/aromatic N) is 1. The molecule has 21 heavy (non-hydrogen) atoms. The molecule has 118 valence electrons. The van der Waals surface area contributed by atoms with Gasteiger partial charge in [-0.3, -0.25) is 4.72 Å². The second-order valence-corrected chi connectivity index (χ2v) is 6.51. The maximum absolute atomic E-state index is 12.4. The zero-order valence-electron chi connectivity index (χ0n) is 12.6. The maximum atomic E-state index is 12.4. The molecule has 0 atom stereocenters. The van der Waals surface area contributed by atoms with Gasteiger partial charge in [0, 0.05) is 13.1 Å². The van der Waals surface area contributed by atoms with E-state index in [0.29, 0.717) is 24.3 Å². The summed E-state index contributed by atoms with van der Waals surface area (Å²) in [7, 11) is -3.67. The molecule has 0 aromatic heterocycles. The van der Waals surface area contributed by atoms with Crippen LogP contribution in [0.5, 0.6) is 0 Å². The summed E-state index contributed by atoms with van der Waals surface area (Å²) in [5.74, 6) is -1.09. The Morgan fingerprint density at radius 1 is 1.24 bits per heavy atom. The molecule has 0 radical (unpaired) electrons. The van der Waals surface area contributed by atoms with E-state index in [0.717, 1.165) is 12.8 Å². The molecule has 0 fully saturated rings. The van der Waals surface area contributed by atoms with Crippen molar-refractivity contribution in [2.45, 2.75) is 33.6 Å². The number of nitrogens with one attached hydrogen (secondary N) is 1. The fourth-order valence-electron chi connectivity index (χ4n) is 1.92. The summed E-state index contributed by atoms with van der Waals surface area (Å²) in [5, 5.41) is 8.99. The minimum absolute atomic E-state index is 0.0517. The molecule has 0 saturated carbocycles. The van der Waals surface area contributed by atoms with E-state index in [-0.39, 0.29) is 5.56 Å². The number of benzene rings is 1. The summed E-state index contributed by atoms with van der Waals surface area (Å²) in [4.78, 5) is 11.0. The van der Waals surface area contributed by atoms with Crippen molar-refractivity contribution in [3.63, 3.8) is 0 Å². The number of carboxylic acid groups (broad SMARTS) is 1. The Bertz CT molecular complexity index is 593. The average Bonchev–Trinajstić information content (AvgIpc) is 2.40. The lowest BCUT2D eigenvalue weighted by Crippen LogP contribution is -2.37. The second-order valence-electron chi connectivity index (χ2n) is 4.84. The minimum Gasteiger partial charge on any atom is -0.478 e. The van der Waals surface area contributed by atoms with Crippen LogP contribution in [0.3, 0.4) is 0 Å². The molecule has 7 heteroatoms. The summed E-state index contributed by atoms with van der Waals surface area (Å²) in [6.07, 6.45) is 1.43. The maximum Gasteiger partial charge on any atom is 0.335 e. The molecule has 1 aromatic carbocycles. The van der Waals surface area contributed by atoms with Crippen LogP contribution in [0.15, 0.2) is 18.2 Å². The lowest BCUT2D eigenvalue weighted by atomic mass is 10.1. The van der Waals surface area contributed by atoms with E-state index in [1.807, 2.05) is 13.8 Å². The van der Waals surface area contributed by atoms with E-state index in [9.17, 15) is 13.2 Å². The summed E-state index contributed by atoms with van der Waals surface area (Å²) in [5.41, 5.74) is 1.03. The van der Waals surface area contributed by atoms with Crippen molar-refractivity contribution in [1.82, 2.24) is 4.31 Å². The predicted octanol–water partition coefficient (Wildman–Crippen LogP) is 2.47. The van der Waals surface area contributed by atoms with Gasteiger partial charge in [0.25, 0.3) is 0 Å². The van der Waals surface area contributed by atoms with Crippen LogP contribution in [0, 0.1) is 6.92 Å². The average molecular weight is 314 g/mol.